The number of amides is 2. The molecule has 0 aromatic carbocycles. The molecule has 2 amide bonds. The number of carbonyl (C=O) groups is 1. The van der Waals surface area contributed by atoms with Crippen LogP contribution in [0.3, 0.4) is 0 Å². The molecule has 5 nitrogen and oxygen atoms in total. The standard InChI is InChI=1S/C9H13BrN4O/c1-6-4-8(14-5-7(6)10)12-2-3-13-9(11)15/h4-5H,2-3H2,1H3,(H,12,14)(H3,11,13,15). The van der Waals surface area contributed by atoms with Crippen LogP contribution in [0, 0.1) is 6.92 Å². The maximum absolute atomic E-state index is 10.4. The summed E-state index contributed by atoms with van der Waals surface area (Å²) in [4.78, 5) is 14.5. The van der Waals surface area contributed by atoms with Crippen molar-refractivity contribution in [2.45, 2.75) is 6.92 Å². The van der Waals surface area contributed by atoms with Crippen molar-refractivity contribution in [3.8, 4) is 0 Å². The van der Waals surface area contributed by atoms with Crippen molar-refractivity contribution in [2.75, 3.05) is 18.4 Å². The number of halogens is 1. The molecule has 1 aromatic rings. The Morgan fingerprint density at radius 3 is 2.93 bits per heavy atom. The zero-order chi connectivity index (χ0) is 11.3. The van der Waals surface area contributed by atoms with Crippen LogP contribution >= 0.6 is 15.9 Å². The summed E-state index contributed by atoms with van der Waals surface area (Å²) in [5.41, 5.74) is 6.02. The molecule has 0 atom stereocenters. The minimum Gasteiger partial charge on any atom is -0.368 e. The second-order valence-corrected chi connectivity index (χ2v) is 3.89. The number of hydrogen-bond donors (Lipinski definition) is 3. The van der Waals surface area contributed by atoms with E-state index in [2.05, 4.69) is 31.5 Å². The minimum atomic E-state index is -0.517. The molecule has 15 heavy (non-hydrogen) atoms. The Balaban J connectivity index is 2.38. The highest BCUT2D eigenvalue weighted by molar-refractivity contribution is 9.10. The van der Waals surface area contributed by atoms with Crippen molar-refractivity contribution < 1.29 is 4.79 Å². The lowest BCUT2D eigenvalue weighted by Crippen LogP contribution is -2.33. The third-order valence-corrected chi connectivity index (χ3v) is 2.61. The molecule has 0 saturated heterocycles. The van der Waals surface area contributed by atoms with Crippen molar-refractivity contribution in [1.29, 1.82) is 0 Å². The number of nitrogens with one attached hydrogen (secondary N) is 2. The van der Waals surface area contributed by atoms with Crippen LogP contribution in [0.1, 0.15) is 5.56 Å². The predicted octanol–water partition coefficient (Wildman–Crippen LogP) is 1.23. The van der Waals surface area contributed by atoms with Gasteiger partial charge in [-0.3, -0.25) is 0 Å². The number of urea groups is 1. The Hall–Kier alpha value is -1.30. The Morgan fingerprint density at radius 1 is 1.60 bits per heavy atom. The molecule has 0 aliphatic rings. The van der Waals surface area contributed by atoms with Gasteiger partial charge in [0.05, 0.1) is 0 Å². The van der Waals surface area contributed by atoms with Crippen LogP contribution in [-0.2, 0) is 0 Å². The number of anilines is 1. The number of nitrogens with two attached hydrogens (primary N) is 1. The van der Waals surface area contributed by atoms with Crippen LogP contribution in [0.5, 0.6) is 0 Å². The zero-order valence-corrected chi connectivity index (χ0v) is 9.97. The van der Waals surface area contributed by atoms with Gasteiger partial charge in [0.2, 0.25) is 0 Å². The summed E-state index contributed by atoms with van der Waals surface area (Å²) < 4.78 is 0.975. The molecule has 0 aliphatic heterocycles. The van der Waals surface area contributed by atoms with Crippen molar-refractivity contribution >= 4 is 27.8 Å². The van der Waals surface area contributed by atoms with Gasteiger partial charge in [-0.05, 0) is 34.5 Å². The molecule has 0 bridgehead atoms. The Bertz CT molecular complexity index is 356. The highest BCUT2D eigenvalue weighted by Gasteiger charge is 1.98. The summed E-state index contributed by atoms with van der Waals surface area (Å²) in [6.07, 6.45) is 1.74. The average molecular weight is 273 g/mol. The van der Waals surface area contributed by atoms with Gasteiger partial charge in [-0.15, -0.1) is 0 Å². The van der Waals surface area contributed by atoms with Gasteiger partial charge in [0.1, 0.15) is 5.82 Å². The van der Waals surface area contributed by atoms with Crippen LogP contribution in [0.25, 0.3) is 0 Å². The fourth-order valence-electron chi connectivity index (χ4n) is 1.01. The summed E-state index contributed by atoms with van der Waals surface area (Å²) in [6, 6.07) is 1.41. The van der Waals surface area contributed by atoms with E-state index in [1.807, 2.05) is 13.0 Å². The van der Waals surface area contributed by atoms with E-state index in [0.29, 0.717) is 13.1 Å². The van der Waals surface area contributed by atoms with E-state index in [0.717, 1.165) is 15.9 Å². The van der Waals surface area contributed by atoms with Crippen molar-refractivity contribution in [2.24, 2.45) is 5.73 Å². The number of rotatable bonds is 4. The van der Waals surface area contributed by atoms with E-state index < -0.39 is 6.03 Å². The summed E-state index contributed by atoms with van der Waals surface area (Å²) in [7, 11) is 0. The van der Waals surface area contributed by atoms with Gasteiger partial charge in [0, 0.05) is 23.8 Å². The van der Waals surface area contributed by atoms with E-state index in [1.165, 1.54) is 0 Å². The van der Waals surface area contributed by atoms with Gasteiger partial charge in [-0.25, -0.2) is 9.78 Å². The minimum absolute atomic E-state index is 0.478. The maximum Gasteiger partial charge on any atom is 0.312 e. The molecule has 82 valence electrons. The molecule has 0 saturated carbocycles. The number of carbonyl (C=O) groups excluding carboxylic acids is 1. The van der Waals surface area contributed by atoms with Crippen molar-refractivity contribution in [3.05, 3.63) is 22.3 Å². The van der Waals surface area contributed by atoms with Gasteiger partial charge in [-0.2, -0.15) is 0 Å². The largest absolute Gasteiger partial charge is 0.368 e. The lowest BCUT2D eigenvalue weighted by atomic mass is 10.3. The van der Waals surface area contributed by atoms with Crippen LogP contribution in [0.15, 0.2) is 16.7 Å². The SMILES string of the molecule is Cc1cc(NCCNC(N)=O)ncc1Br. The fourth-order valence-corrected chi connectivity index (χ4v) is 1.23. The van der Waals surface area contributed by atoms with Gasteiger partial charge in [0.15, 0.2) is 0 Å². The van der Waals surface area contributed by atoms with E-state index in [4.69, 9.17) is 5.73 Å². The average Bonchev–Trinajstić information content (AvgIpc) is 2.18. The molecule has 0 radical (unpaired) electrons. The second kappa shape index (κ2) is 5.55. The Labute approximate surface area is 96.6 Å². The Morgan fingerprint density at radius 2 is 2.33 bits per heavy atom. The molecule has 4 N–H and O–H groups in total. The van der Waals surface area contributed by atoms with Gasteiger partial charge in [-0.1, -0.05) is 0 Å². The highest BCUT2D eigenvalue weighted by Crippen LogP contribution is 2.16. The van der Waals surface area contributed by atoms with E-state index in [9.17, 15) is 4.79 Å². The third kappa shape index (κ3) is 4.16. The van der Waals surface area contributed by atoms with Gasteiger partial charge in [0.25, 0.3) is 0 Å². The lowest BCUT2D eigenvalue weighted by molar-refractivity contribution is 0.249. The quantitative estimate of drug-likeness (QED) is 0.722. The van der Waals surface area contributed by atoms with Gasteiger partial charge >= 0.3 is 6.03 Å². The molecule has 1 rings (SSSR count). The van der Waals surface area contributed by atoms with E-state index >= 15 is 0 Å². The smallest absolute Gasteiger partial charge is 0.312 e. The first-order chi connectivity index (χ1) is 7.09. The number of aryl methyl sites for hydroxylation is 1. The number of hydrogen-bond acceptors (Lipinski definition) is 3. The third-order valence-electron chi connectivity index (χ3n) is 1.78. The van der Waals surface area contributed by atoms with E-state index in [-0.39, 0.29) is 0 Å². The molecular formula is C9H13BrN4O. The van der Waals surface area contributed by atoms with Crippen LogP contribution in [0.4, 0.5) is 10.6 Å². The van der Waals surface area contributed by atoms with E-state index in [1.54, 1.807) is 6.20 Å². The van der Waals surface area contributed by atoms with Crippen LogP contribution < -0.4 is 16.4 Å². The first-order valence-electron chi connectivity index (χ1n) is 4.49. The first kappa shape index (κ1) is 11.8. The molecule has 1 aromatic heterocycles. The fraction of sp³-hybridized carbons (Fsp3) is 0.333. The lowest BCUT2D eigenvalue weighted by Gasteiger charge is -2.07. The number of pyridine rings is 1. The monoisotopic (exact) mass is 272 g/mol. The summed E-state index contributed by atoms with van der Waals surface area (Å²) in [5, 5.41) is 5.55. The number of nitrogens with zero attached hydrogens (tertiary/aromatic N) is 1. The van der Waals surface area contributed by atoms with Crippen molar-refractivity contribution in [1.82, 2.24) is 10.3 Å². The summed E-state index contributed by atoms with van der Waals surface area (Å²) in [6.45, 7) is 3.06. The number of aromatic nitrogens is 1. The number of primary amides is 1. The molecule has 6 heteroatoms. The topological polar surface area (TPSA) is 80.0 Å². The summed E-state index contributed by atoms with van der Waals surface area (Å²) in [5.74, 6) is 0.780. The maximum atomic E-state index is 10.4. The first-order valence-corrected chi connectivity index (χ1v) is 5.28. The second-order valence-electron chi connectivity index (χ2n) is 3.04. The van der Waals surface area contributed by atoms with Gasteiger partial charge < -0.3 is 16.4 Å². The molecule has 0 fully saturated rings. The van der Waals surface area contributed by atoms with Crippen LogP contribution in [-0.4, -0.2) is 24.1 Å². The molecule has 0 aliphatic carbocycles. The van der Waals surface area contributed by atoms with Crippen LogP contribution in [0.2, 0.25) is 0 Å². The molecular weight excluding hydrogens is 260 g/mol. The molecule has 1 heterocycles. The zero-order valence-electron chi connectivity index (χ0n) is 8.38. The summed E-state index contributed by atoms with van der Waals surface area (Å²) >= 11 is 3.37. The highest BCUT2D eigenvalue weighted by atomic mass is 79.9. The Kier molecular flexibility index (Phi) is 4.36. The van der Waals surface area contributed by atoms with Crippen molar-refractivity contribution in [3.63, 3.8) is 0 Å². The predicted molar refractivity (Wildman–Crippen MR) is 62.7 cm³/mol. The molecule has 0 unspecified atom stereocenters. The normalized spacial score (nSPS) is 9.73. The molecule has 0 spiro atoms.